The molecule has 0 unspecified atom stereocenters. The number of hydrazone groups is 1. The molecule has 21 heavy (non-hydrogen) atoms. The predicted molar refractivity (Wildman–Crippen MR) is 84.2 cm³/mol. The molecule has 1 aromatic carbocycles. The molecular weight excluding hydrogens is 408 g/mol. The third kappa shape index (κ3) is 4.50. The predicted octanol–water partition coefficient (Wildman–Crippen LogP) is 2.52. The van der Waals surface area contributed by atoms with Crippen molar-refractivity contribution in [3.63, 3.8) is 0 Å². The van der Waals surface area contributed by atoms with Gasteiger partial charge in [0.05, 0.1) is 34.8 Å². The zero-order chi connectivity index (χ0) is 15.5. The van der Waals surface area contributed by atoms with E-state index in [4.69, 9.17) is 9.47 Å². The fourth-order valence-electron chi connectivity index (χ4n) is 1.83. The van der Waals surface area contributed by atoms with E-state index in [9.17, 15) is 9.90 Å². The van der Waals surface area contributed by atoms with Crippen LogP contribution in [0.1, 0.15) is 18.9 Å². The number of carbonyl (C=O) groups is 1. The molecule has 2 N–H and O–H groups in total. The van der Waals surface area contributed by atoms with Gasteiger partial charge in [0.25, 0.3) is 0 Å². The topological polar surface area (TPSA) is 80.2 Å². The number of aromatic hydroxyl groups is 1. The number of carbonyl (C=O) groups excluding carboxylic acids is 1. The van der Waals surface area contributed by atoms with Crippen LogP contribution >= 0.6 is 31.9 Å². The first-order valence-electron chi connectivity index (χ1n) is 6.17. The summed E-state index contributed by atoms with van der Waals surface area (Å²) in [7, 11) is 0. The van der Waals surface area contributed by atoms with Crippen LogP contribution in [0, 0.1) is 0 Å². The van der Waals surface area contributed by atoms with Crippen LogP contribution in [0.3, 0.4) is 0 Å². The molecular formula is C13H14Br2N2O4. The number of nitrogens with zero attached hydrogens (tertiary/aromatic N) is 1. The lowest BCUT2D eigenvalue weighted by molar-refractivity contribution is -0.159. The Morgan fingerprint density at radius 3 is 2.57 bits per heavy atom. The maximum absolute atomic E-state index is 11.7. The lowest BCUT2D eigenvalue weighted by atomic mass is 10.2. The van der Waals surface area contributed by atoms with Crippen LogP contribution in [0.15, 0.2) is 26.2 Å². The van der Waals surface area contributed by atoms with Gasteiger partial charge in [0.1, 0.15) is 5.75 Å². The summed E-state index contributed by atoms with van der Waals surface area (Å²) < 4.78 is 11.8. The number of amides is 1. The summed E-state index contributed by atoms with van der Waals surface area (Å²) in [6.45, 7) is 2.70. The van der Waals surface area contributed by atoms with E-state index in [0.717, 1.165) is 0 Å². The van der Waals surface area contributed by atoms with Gasteiger partial charge in [-0.15, -0.1) is 0 Å². The molecule has 0 bridgehead atoms. The van der Waals surface area contributed by atoms with E-state index in [0.29, 0.717) is 27.7 Å². The normalized spacial score (nSPS) is 17.3. The molecule has 0 spiro atoms. The highest BCUT2D eigenvalue weighted by Gasteiger charge is 2.33. The minimum absolute atomic E-state index is 0.0767. The van der Waals surface area contributed by atoms with Crippen LogP contribution in [0.5, 0.6) is 5.75 Å². The van der Waals surface area contributed by atoms with Gasteiger partial charge in [-0.05, 0) is 56.5 Å². The summed E-state index contributed by atoms with van der Waals surface area (Å²) in [5.74, 6) is -1.06. The van der Waals surface area contributed by atoms with Crippen LogP contribution in [0.4, 0.5) is 0 Å². The second kappa shape index (κ2) is 6.87. The summed E-state index contributed by atoms with van der Waals surface area (Å²) in [5, 5.41) is 13.5. The van der Waals surface area contributed by atoms with Crippen molar-refractivity contribution in [2.75, 3.05) is 13.2 Å². The van der Waals surface area contributed by atoms with E-state index in [-0.39, 0.29) is 18.1 Å². The van der Waals surface area contributed by atoms with Gasteiger partial charge in [0.15, 0.2) is 5.79 Å². The molecule has 2 rings (SSSR count). The Morgan fingerprint density at radius 1 is 1.43 bits per heavy atom. The summed E-state index contributed by atoms with van der Waals surface area (Å²) >= 11 is 6.44. The molecule has 0 aromatic heterocycles. The maximum Gasteiger partial charge on any atom is 0.245 e. The first-order valence-corrected chi connectivity index (χ1v) is 7.76. The number of nitrogens with one attached hydrogen (secondary N) is 1. The largest absolute Gasteiger partial charge is 0.506 e. The average Bonchev–Trinajstić information content (AvgIpc) is 2.82. The van der Waals surface area contributed by atoms with E-state index < -0.39 is 5.79 Å². The van der Waals surface area contributed by atoms with Gasteiger partial charge in [0, 0.05) is 0 Å². The molecule has 0 atom stereocenters. The monoisotopic (exact) mass is 420 g/mol. The zero-order valence-corrected chi connectivity index (χ0v) is 14.4. The summed E-state index contributed by atoms with van der Waals surface area (Å²) in [5.41, 5.74) is 3.13. The average molecular weight is 422 g/mol. The Hall–Kier alpha value is -0.960. The van der Waals surface area contributed by atoms with Crippen molar-refractivity contribution in [3.05, 3.63) is 26.6 Å². The van der Waals surface area contributed by atoms with Gasteiger partial charge in [-0.1, -0.05) is 0 Å². The van der Waals surface area contributed by atoms with Crippen molar-refractivity contribution < 1.29 is 19.4 Å². The molecule has 8 heteroatoms. The highest BCUT2D eigenvalue weighted by Crippen LogP contribution is 2.32. The molecule has 114 valence electrons. The highest BCUT2D eigenvalue weighted by atomic mass is 79.9. The third-order valence-electron chi connectivity index (χ3n) is 2.82. The van der Waals surface area contributed by atoms with Crippen molar-refractivity contribution in [2.24, 2.45) is 5.10 Å². The molecule has 1 fully saturated rings. The number of halogens is 2. The molecule has 1 heterocycles. The van der Waals surface area contributed by atoms with Crippen LogP contribution in [0.2, 0.25) is 0 Å². The molecule has 1 saturated heterocycles. The fourth-order valence-corrected chi connectivity index (χ4v) is 3.05. The quantitative estimate of drug-likeness (QED) is 0.578. The van der Waals surface area contributed by atoms with Crippen molar-refractivity contribution >= 4 is 44.0 Å². The summed E-state index contributed by atoms with van der Waals surface area (Å²) in [6, 6.07) is 3.36. The van der Waals surface area contributed by atoms with Crippen molar-refractivity contribution in [2.45, 2.75) is 19.1 Å². The first kappa shape index (κ1) is 16.4. The van der Waals surface area contributed by atoms with Gasteiger partial charge in [-0.2, -0.15) is 5.10 Å². The molecule has 1 aliphatic rings. The van der Waals surface area contributed by atoms with Gasteiger partial charge < -0.3 is 14.6 Å². The lowest BCUT2D eigenvalue weighted by Crippen LogP contribution is -2.33. The van der Waals surface area contributed by atoms with E-state index in [1.165, 1.54) is 6.21 Å². The van der Waals surface area contributed by atoms with Crippen LogP contribution in [-0.4, -0.2) is 36.2 Å². The van der Waals surface area contributed by atoms with Crippen molar-refractivity contribution in [1.29, 1.82) is 0 Å². The Labute approximate surface area is 138 Å². The smallest absolute Gasteiger partial charge is 0.245 e. The molecule has 1 amide bonds. The van der Waals surface area contributed by atoms with Gasteiger partial charge in [-0.25, -0.2) is 5.43 Å². The van der Waals surface area contributed by atoms with Gasteiger partial charge in [-0.3, -0.25) is 4.79 Å². The second-order valence-corrected chi connectivity index (χ2v) is 6.34. The molecule has 0 aliphatic carbocycles. The van der Waals surface area contributed by atoms with E-state index in [1.54, 1.807) is 19.1 Å². The van der Waals surface area contributed by atoms with Gasteiger partial charge >= 0.3 is 0 Å². The van der Waals surface area contributed by atoms with E-state index in [2.05, 4.69) is 42.4 Å². The van der Waals surface area contributed by atoms with E-state index >= 15 is 0 Å². The summed E-state index contributed by atoms with van der Waals surface area (Å²) in [6.07, 6.45) is 1.55. The fraction of sp³-hybridized carbons (Fsp3) is 0.385. The Balaban J connectivity index is 1.91. The van der Waals surface area contributed by atoms with Crippen molar-refractivity contribution in [1.82, 2.24) is 5.43 Å². The molecule has 0 saturated carbocycles. The maximum atomic E-state index is 11.7. The summed E-state index contributed by atoms with van der Waals surface area (Å²) in [4.78, 5) is 11.7. The minimum atomic E-state index is -0.871. The van der Waals surface area contributed by atoms with Crippen molar-refractivity contribution in [3.8, 4) is 5.75 Å². The first-order chi connectivity index (χ1) is 9.89. The second-order valence-electron chi connectivity index (χ2n) is 4.63. The molecule has 0 radical (unpaired) electrons. The zero-order valence-electron chi connectivity index (χ0n) is 11.2. The van der Waals surface area contributed by atoms with E-state index in [1.807, 2.05) is 0 Å². The van der Waals surface area contributed by atoms with Gasteiger partial charge in [0.2, 0.25) is 5.91 Å². The number of hydrogen-bond acceptors (Lipinski definition) is 5. The number of ether oxygens (including phenoxy) is 2. The SMILES string of the molecule is CC1(CC(=O)NN=Cc2cc(Br)c(O)c(Br)c2)OCCO1. The number of benzene rings is 1. The van der Waals surface area contributed by atoms with Crippen LogP contribution in [0.25, 0.3) is 0 Å². The number of phenols is 1. The van der Waals surface area contributed by atoms with Crippen LogP contribution in [-0.2, 0) is 14.3 Å². The third-order valence-corrected chi connectivity index (χ3v) is 4.03. The Bertz CT molecular complexity index is 548. The Kier molecular flexibility index (Phi) is 5.37. The van der Waals surface area contributed by atoms with Crippen LogP contribution < -0.4 is 5.43 Å². The standard InChI is InChI=1S/C13H14Br2N2O4/c1-13(20-2-3-21-13)6-11(18)17-16-7-8-4-9(14)12(19)10(15)5-8/h4-5,7,19H,2-3,6H2,1H3,(H,17,18). The lowest BCUT2D eigenvalue weighted by Gasteiger charge is -2.20. The Morgan fingerprint density at radius 2 is 2.00 bits per heavy atom. The highest BCUT2D eigenvalue weighted by molar-refractivity contribution is 9.11. The number of phenolic OH excluding ortho intramolecular Hbond substituents is 1. The number of hydrogen-bond donors (Lipinski definition) is 2. The molecule has 1 aliphatic heterocycles. The molecule has 6 nitrogen and oxygen atoms in total. The molecule has 1 aromatic rings. The number of rotatable bonds is 4. The minimum Gasteiger partial charge on any atom is -0.506 e.